The minimum absolute atomic E-state index is 0.251. The highest BCUT2D eigenvalue weighted by molar-refractivity contribution is 5.67. The summed E-state index contributed by atoms with van der Waals surface area (Å²) in [6.45, 7) is 3.19. The summed E-state index contributed by atoms with van der Waals surface area (Å²) in [4.78, 5) is 23.6. The fourth-order valence-electron chi connectivity index (χ4n) is 4.05. The van der Waals surface area contributed by atoms with Crippen molar-refractivity contribution in [3.63, 3.8) is 0 Å². The molecule has 2 aromatic rings. The third-order valence-corrected chi connectivity index (χ3v) is 5.45. The Balaban J connectivity index is 1.59. The predicted molar refractivity (Wildman–Crippen MR) is 114 cm³/mol. The van der Waals surface area contributed by atoms with Gasteiger partial charge in [0.25, 0.3) is 0 Å². The lowest BCUT2D eigenvalue weighted by atomic mass is 9.94. The number of hydrogen-bond donors (Lipinski definition) is 0. The minimum atomic E-state index is -1.16. The van der Waals surface area contributed by atoms with Gasteiger partial charge in [0.1, 0.15) is 12.2 Å². The van der Waals surface area contributed by atoms with Crippen LogP contribution in [0.15, 0.2) is 72.8 Å². The number of rotatable bonds is 8. The topological polar surface area (TPSA) is 80.3 Å². The van der Waals surface area contributed by atoms with Crippen LogP contribution in [0.5, 0.6) is 0 Å². The number of esters is 2. The zero-order valence-corrected chi connectivity index (χ0v) is 18.0. The van der Waals surface area contributed by atoms with Crippen LogP contribution in [-0.2, 0) is 46.5 Å². The van der Waals surface area contributed by atoms with Gasteiger partial charge < -0.3 is 23.7 Å². The molecule has 1 heterocycles. The quantitative estimate of drug-likeness (QED) is 0.462. The molecule has 2 aromatic carbocycles. The summed E-state index contributed by atoms with van der Waals surface area (Å²) in [6.07, 6.45) is 0.421. The third kappa shape index (κ3) is 4.75. The standard InChI is InChI=1S/C25H26O7/c1-17(26)30-23-24(31-18(2)27)32-22-21(28-15-19-9-5-3-6-10-19)13-14-25(22,23)29-16-20-11-7-4-8-12-20/h3-14,21-24H,15-16H2,1-2H3/t21-,22-,23+,24?,25-/m1/s1. The average Bonchev–Trinajstić information content (AvgIpc) is 3.26. The van der Waals surface area contributed by atoms with Crippen molar-refractivity contribution in [2.45, 2.75) is 57.3 Å². The number of fused-ring (bicyclic) bond motifs is 1. The maximum atomic E-state index is 11.9. The molecule has 0 bridgehead atoms. The van der Waals surface area contributed by atoms with E-state index in [0.717, 1.165) is 11.1 Å². The van der Waals surface area contributed by atoms with Crippen LogP contribution in [0.1, 0.15) is 25.0 Å². The van der Waals surface area contributed by atoms with Gasteiger partial charge in [0.15, 0.2) is 11.7 Å². The second-order valence-corrected chi connectivity index (χ2v) is 7.81. The highest BCUT2D eigenvalue weighted by Gasteiger charge is 2.64. The Kier molecular flexibility index (Phi) is 6.69. The molecule has 1 saturated heterocycles. The molecule has 4 rings (SSSR count). The largest absolute Gasteiger partial charge is 0.452 e. The molecule has 0 N–H and O–H groups in total. The van der Waals surface area contributed by atoms with Gasteiger partial charge in [-0.15, -0.1) is 0 Å². The summed E-state index contributed by atoms with van der Waals surface area (Å²) in [5, 5.41) is 0. The van der Waals surface area contributed by atoms with Gasteiger partial charge in [-0.2, -0.15) is 0 Å². The summed E-state index contributed by atoms with van der Waals surface area (Å²) >= 11 is 0. The molecule has 2 aliphatic rings. The van der Waals surface area contributed by atoms with Crippen LogP contribution in [0, 0.1) is 0 Å². The molecule has 1 aliphatic heterocycles. The molecule has 1 aliphatic carbocycles. The molecule has 5 atom stereocenters. The van der Waals surface area contributed by atoms with Crippen LogP contribution in [0.4, 0.5) is 0 Å². The van der Waals surface area contributed by atoms with Gasteiger partial charge in [-0.05, 0) is 17.2 Å². The van der Waals surface area contributed by atoms with Gasteiger partial charge in [0, 0.05) is 13.8 Å². The van der Waals surface area contributed by atoms with Gasteiger partial charge >= 0.3 is 11.9 Å². The molecular weight excluding hydrogens is 412 g/mol. The Morgan fingerprint density at radius 1 is 0.875 bits per heavy atom. The fourth-order valence-corrected chi connectivity index (χ4v) is 4.05. The summed E-state index contributed by atoms with van der Waals surface area (Å²) in [5.74, 6) is -1.07. The van der Waals surface area contributed by atoms with E-state index in [2.05, 4.69) is 0 Å². The number of hydrogen-bond acceptors (Lipinski definition) is 7. The van der Waals surface area contributed by atoms with Crippen molar-refractivity contribution >= 4 is 11.9 Å². The third-order valence-electron chi connectivity index (χ3n) is 5.45. The van der Waals surface area contributed by atoms with Gasteiger partial charge in [0.2, 0.25) is 6.29 Å². The maximum Gasteiger partial charge on any atom is 0.305 e. The molecule has 0 spiro atoms. The van der Waals surface area contributed by atoms with E-state index < -0.39 is 42.1 Å². The van der Waals surface area contributed by atoms with E-state index in [1.807, 2.05) is 66.7 Å². The van der Waals surface area contributed by atoms with Crippen molar-refractivity contribution in [3.8, 4) is 0 Å². The zero-order valence-electron chi connectivity index (χ0n) is 18.0. The molecule has 1 unspecified atom stereocenters. The van der Waals surface area contributed by atoms with Crippen molar-refractivity contribution in [2.75, 3.05) is 0 Å². The van der Waals surface area contributed by atoms with Crippen molar-refractivity contribution in [2.24, 2.45) is 0 Å². The summed E-state index contributed by atoms with van der Waals surface area (Å²) in [6, 6.07) is 19.4. The van der Waals surface area contributed by atoms with E-state index in [-0.39, 0.29) is 6.61 Å². The summed E-state index contributed by atoms with van der Waals surface area (Å²) in [7, 11) is 0. The Morgan fingerprint density at radius 3 is 2.06 bits per heavy atom. The molecule has 0 aromatic heterocycles. The second kappa shape index (κ2) is 9.65. The normalized spacial score (nSPS) is 28.3. The van der Waals surface area contributed by atoms with Crippen LogP contribution < -0.4 is 0 Å². The predicted octanol–water partition coefficient (Wildman–Crippen LogP) is 3.32. The lowest BCUT2D eigenvalue weighted by molar-refractivity contribution is -0.200. The summed E-state index contributed by atoms with van der Waals surface area (Å²) < 4.78 is 29.4. The first kappa shape index (κ1) is 22.2. The van der Waals surface area contributed by atoms with Crippen LogP contribution >= 0.6 is 0 Å². The highest BCUT2D eigenvalue weighted by Crippen LogP contribution is 2.45. The smallest absolute Gasteiger partial charge is 0.305 e. The van der Waals surface area contributed by atoms with Gasteiger partial charge in [-0.3, -0.25) is 9.59 Å². The number of carbonyl (C=O) groups is 2. The fraction of sp³-hybridized carbons (Fsp3) is 0.360. The van der Waals surface area contributed by atoms with Crippen molar-refractivity contribution < 1.29 is 33.3 Å². The van der Waals surface area contributed by atoms with Crippen LogP contribution in [-0.4, -0.2) is 42.1 Å². The molecule has 168 valence electrons. The number of ether oxygens (including phenoxy) is 5. The van der Waals surface area contributed by atoms with Gasteiger partial charge in [-0.1, -0.05) is 66.7 Å². The maximum absolute atomic E-state index is 11.9. The molecule has 7 nitrogen and oxygen atoms in total. The Labute approximate surface area is 186 Å². The lowest BCUT2D eigenvalue weighted by Gasteiger charge is -2.33. The van der Waals surface area contributed by atoms with Crippen molar-refractivity contribution in [3.05, 3.63) is 83.9 Å². The number of carbonyl (C=O) groups excluding carboxylic acids is 2. The second-order valence-electron chi connectivity index (χ2n) is 7.81. The molecule has 0 radical (unpaired) electrons. The average molecular weight is 438 g/mol. The minimum Gasteiger partial charge on any atom is -0.452 e. The van der Waals surface area contributed by atoms with Gasteiger partial charge in [0.05, 0.1) is 13.2 Å². The first-order chi connectivity index (χ1) is 15.5. The van der Waals surface area contributed by atoms with Crippen LogP contribution in [0.3, 0.4) is 0 Å². The first-order valence-electron chi connectivity index (χ1n) is 10.5. The lowest BCUT2D eigenvalue weighted by Crippen LogP contribution is -2.51. The number of benzene rings is 2. The first-order valence-corrected chi connectivity index (χ1v) is 10.5. The molecule has 0 amide bonds. The SMILES string of the molecule is CC(=O)OC1O[C@@H]2[C@H](OCc3ccccc3)C=C[C@]2(OCc2ccccc2)[C@H]1OC(C)=O. The van der Waals surface area contributed by atoms with Crippen LogP contribution in [0.2, 0.25) is 0 Å². The Bertz CT molecular complexity index is 959. The van der Waals surface area contributed by atoms with E-state index in [1.165, 1.54) is 13.8 Å². The van der Waals surface area contributed by atoms with E-state index in [9.17, 15) is 9.59 Å². The van der Waals surface area contributed by atoms with E-state index in [0.29, 0.717) is 6.61 Å². The van der Waals surface area contributed by atoms with Gasteiger partial charge in [-0.25, -0.2) is 0 Å². The monoisotopic (exact) mass is 438 g/mol. The molecule has 32 heavy (non-hydrogen) atoms. The molecule has 0 saturated carbocycles. The van der Waals surface area contributed by atoms with E-state index in [4.69, 9.17) is 23.7 Å². The summed E-state index contributed by atoms with van der Waals surface area (Å²) in [5.41, 5.74) is 0.790. The molecule has 7 heteroatoms. The van der Waals surface area contributed by atoms with Crippen molar-refractivity contribution in [1.29, 1.82) is 0 Å². The van der Waals surface area contributed by atoms with Crippen LogP contribution in [0.25, 0.3) is 0 Å². The molecule has 1 fully saturated rings. The van der Waals surface area contributed by atoms with E-state index >= 15 is 0 Å². The Hall–Kier alpha value is -3.00. The highest BCUT2D eigenvalue weighted by atomic mass is 16.8. The Morgan fingerprint density at radius 2 is 1.47 bits per heavy atom. The van der Waals surface area contributed by atoms with Crippen molar-refractivity contribution in [1.82, 2.24) is 0 Å². The van der Waals surface area contributed by atoms with E-state index in [1.54, 1.807) is 6.08 Å². The molecular formula is C25H26O7. The zero-order chi connectivity index (χ0) is 22.6.